The number of benzene rings is 1. The van der Waals surface area contributed by atoms with Gasteiger partial charge in [-0.05, 0) is 48.4 Å². The van der Waals surface area contributed by atoms with Gasteiger partial charge in [-0.1, -0.05) is 12.1 Å². The van der Waals surface area contributed by atoms with Crippen molar-refractivity contribution in [1.29, 1.82) is 0 Å². The highest BCUT2D eigenvalue weighted by Crippen LogP contribution is 2.28. The lowest BCUT2D eigenvalue weighted by atomic mass is 10.1. The van der Waals surface area contributed by atoms with Gasteiger partial charge in [0.2, 0.25) is 0 Å². The first-order valence-corrected chi connectivity index (χ1v) is 7.23. The zero-order chi connectivity index (χ0) is 14.2. The Morgan fingerprint density at radius 3 is 2.87 bits per heavy atom. The van der Waals surface area contributed by atoms with Crippen molar-refractivity contribution in [2.75, 3.05) is 6.54 Å². The second kappa shape index (κ2) is 7.30. The minimum atomic E-state index is -0.191. The van der Waals surface area contributed by atoms with Gasteiger partial charge >= 0.3 is 0 Å². The van der Waals surface area contributed by atoms with E-state index in [1.807, 2.05) is 18.3 Å². The van der Waals surface area contributed by atoms with Crippen LogP contribution in [-0.2, 0) is 19.5 Å². The standard InChI is InChI=1S/C17H16FN3.2ClH/c18-13-4-1-3-12(9-13)11-21-16-10-19-8-6-14(16)15-5-2-7-20-17(15)21;;/h1-5,7,9,19H,6,8,10-11H2;2*1H. The van der Waals surface area contributed by atoms with Crippen LogP contribution < -0.4 is 5.32 Å². The lowest BCUT2D eigenvalue weighted by Crippen LogP contribution is -2.25. The predicted octanol–water partition coefficient (Wildman–Crippen LogP) is 3.71. The third-order valence-corrected chi connectivity index (χ3v) is 4.12. The zero-order valence-electron chi connectivity index (χ0n) is 12.5. The number of hydrogen-bond donors (Lipinski definition) is 1. The molecule has 1 aromatic carbocycles. The molecule has 3 nitrogen and oxygen atoms in total. The van der Waals surface area contributed by atoms with E-state index in [9.17, 15) is 4.39 Å². The van der Waals surface area contributed by atoms with Crippen molar-refractivity contribution in [1.82, 2.24) is 14.9 Å². The molecule has 0 atom stereocenters. The summed E-state index contributed by atoms with van der Waals surface area (Å²) in [6.07, 6.45) is 2.84. The van der Waals surface area contributed by atoms with Gasteiger partial charge in [-0.15, -0.1) is 24.8 Å². The van der Waals surface area contributed by atoms with Gasteiger partial charge in [-0.2, -0.15) is 0 Å². The van der Waals surface area contributed by atoms with E-state index in [0.29, 0.717) is 6.54 Å². The summed E-state index contributed by atoms with van der Waals surface area (Å²) in [6.45, 7) is 2.50. The van der Waals surface area contributed by atoms with E-state index in [4.69, 9.17) is 0 Å². The zero-order valence-corrected chi connectivity index (χ0v) is 14.1. The van der Waals surface area contributed by atoms with E-state index in [1.165, 1.54) is 22.7 Å². The van der Waals surface area contributed by atoms with E-state index >= 15 is 0 Å². The number of aromatic nitrogens is 2. The molecular formula is C17H18Cl2FN3. The minimum absolute atomic E-state index is 0. The molecule has 2 aromatic heterocycles. The van der Waals surface area contributed by atoms with Crippen LogP contribution in [0.5, 0.6) is 0 Å². The van der Waals surface area contributed by atoms with Crippen molar-refractivity contribution < 1.29 is 4.39 Å². The molecule has 0 spiro atoms. The maximum Gasteiger partial charge on any atom is 0.140 e. The number of nitrogens with one attached hydrogen (secondary N) is 1. The average Bonchev–Trinajstić information content (AvgIpc) is 2.83. The molecule has 0 amide bonds. The Labute approximate surface area is 146 Å². The third kappa shape index (κ3) is 3.20. The Bertz CT molecular complexity index is 817. The van der Waals surface area contributed by atoms with Crippen LogP contribution in [0.1, 0.15) is 16.8 Å². The lowest BCUT2D eigenvalue weighted by Gasteiger charge is -2.17. The van der Waals surface area contributed by atoms with E-state index in [1.54, 1.807) is 12.1 Å². The van der Waals surface area contributed by atoms with Crippen molar-refractivity contribution in [3.8, 4) is 0 Å². The van der Waals surface area contributed by atoms with Gasteiger partial charge in [0.05, 0.1) is 0 Å². The molecule has 0 radical (unpaired) electrons. The van der Waals surface area contributed by atoms with Gasteiger partial charge in [0.25, 0.3) is 0 Å². The van der Waals surface area contributed by atoms with Crippen LogP contribution in [0.2, 0.25) is 0 Å². The Balaban J connectivity index is 0.000000960. The largest absolute Gasteiger partial charge is 0.324 e. The van der Waals surface area contributed by atoms with Crippen molar-refractivity contribution in [2.45, 2.75) is 19.5 Å². The number of pyridine rings is 1. The van der Waals surface area contributed by atoms with Gasteiger partial charge < -0.3 is 9.88 Å². The van der Waals surface area contributed by atoms with Crippen LogP contribution in [0, 0.1) is 5.82 Å². The summed E-state index contributed by atoms with van der Waals surface area (Å²) in [5.74, 6) is -0.191. The molecule has 0 fully saturated rings. The number of rotatable bonds is 2. The molecule has 6 heteroatoms. The molecular weight excluding hydrogens is 336 g/mol. The number of hydrogen-bond acceptors (Lipinski definition) is 2. The summed E-state index contributed by atoms with van der Waals surface area (Å²) >= 11 is 0. The number of fused-ring (bicyclic) bond motifs is 3. The molecule has 0 saturated carbocycles. The highest BCUT2D eigenvalue weighted by atomic mass is 35.5. The molecule has 122 valence electrons. The van der Waals surface area contributed by atoms with Crippen molar-refractivity contribution in [3.05, 3.63) is 65.2 Å². The lowest BCUT2D eigenvalue weighted by molar-refractivity contribution is 0.597. The van der Waals surface area contributed by atoms with Gasteiger partial charge in [0, 0.05) is 30.4 Å². The second-order valence-electron chi connectivity index (χ2n) is 5.44. The van der Waals surface area contributed by atoms with E-state index < -0.39 is 0 Å². The fraction of sp³-hybridized carbons (Fsp3) is 0.235. The van der Waals surface area contributed by atoms with Gasteiger partial charge in [0.15, 0.2) is 0 Å². The monoisotopic (exact) mass is 353 g/mol. The first-order chi connectivity index (χ1) is 10.3. The van der Waals surface area contributed by atoms with Crippen LogP contribution >= 0.6 is 24.8 Å². The molecule has 0 bridgehead atoms. The predicted molar refractivity (Wildman–Crippen MR) is 95.1 cm³/mol. The molecule has 0 saturated heterocycles. The fourth-order valence-corrected chi connectivity index (χ4v) is 3.18. The SMILES string of the molecule is Cl.Cl.Fc1cccc(Cn2c3c(c4cccnc42)CCNC3)c1. The summed E-state index contributed by atoms with van der Waals surface area (Å²) in [5, 5.41) is 4.64. The van der Waals surface area contributed by atoms with Crippen LogP contribution in [0.25, 0.3) is 11.0 Å². The molecule has 1 N–H and O–H groups in total. The Kier molecular flexibility index (Phi) is 5.63. The fourth-order valence-electron chi connectivity index (χ4n) is 3.18. The molecule has 23 heavy (non-hydrogen) atoms. The van der Waals surface area contributed by atoms with Gasteiger partial charge in [-0.25, -0.2) is 9.37 Å². The second-order valence-corrected chi connectivity index (χ2v) is 5.44. The molecule has 1 aliphatic heterocycles. The average molecular weight is 354 g/mol. The Hall–Kier alpha value is -1.62. The van der Waals surface area contributed by atoms with Crippen LogP contribution in [0.4, 0.5) is 4.39 Å². The topological polar surface area (TPSA) is 29.9 Å². The minimum Gasteiger partial charge on any atom is -0.324 e. The van der Waals surface area contributed by atoms with E-state index in [2.05, 4.69) is 20.9 Å². The molecule has 0 aliphatic carbocycles. The Morgan fingerprint density at radius 2 is 2.04 bits per heavy atom. The van der Waals surface area contributed by atoms with Crippen molar-refractivity contribution in [3.63, 3.8) is 0 Å². The smallest absolute Gasteiger partial charge is 0.140 e. The quantitative estimate of drug-likeness (QED) is 0.760. The summed E-state index contributed by atoms with van der Waals surface area (Å²) in [6, 6.07) is 10.9. The molecule has 1 aliphatic rings. The number of halogens is 3. The summed E-state index contributed by atoms with van der Waals surface area (Å²) < 4.78 is 15.6. The maximum absolute atomic E-state index is 13.4. The summed E-state index contributed by atoms with van der Waals surface area (Å²) in [5.41, 5.74) is 4.62. The van der Waals surface area contributed by atoms with Gasteiger partial charge in [-0.3, -0.25) is 0 Å². The number of nitrogens with zero attached hydrogens (tertiary/aromatic N) is 2. The van der Waals surface area contributed by atoms with E-state index in [0.717, 1.165) is 30.7 Å². The van der Waals surface area contributed by atoms with Crippen LogP contribution in [0.3, 0.4) is 0 Å². The molecule has 4 rings (SSSR count). The maximum atomic E-state index is 13.4. The first-order valence-electron chi connectivity index (χ1n) is 7.23. The summed E-state index contributed by atoms with van der Waals surface area (Å²) in [7, 11) is 0. The highest BCUT2D eigenvalue weighted by Gasteiger charge is 2.20. The van der Waals surface area contributed by atoms with Crippen LogP contribution in [0.15, 0.2) is 42.6 Å². The van der Waals surface area contributed by atoms with Crippen molar-refractivity contribution in [2.24, 2.45) is 0 Å². The molecule has 3 aromatic rings. The molecule has 0 unspecified atom stereocenters. The normalized spacial score (nSPS) is 13.1. The first kappa shape index (κ1) is 17.7. The van der Waals surface area contributed by atoms with Gasteiger partial charge in [0.1, 0.15) is 11.5 Å². The summed E-state index contributed by atoms with van der Waals surface area (Å²) in [4.78, 5) is 4.55. The van der Waals surface area contributed by atoms with Crippen LogP contribution in [-0.4, -0.2) is 16.1 Å². The molecule has 3 heterocycles. The third-order valence-electron chi connectivity index (χ3n) is 4.12. The van der Waals surface area contributed by atoms with Crippen molar-refractivity contribution >= 4 is 35.8 Å². The Morgan fingerprint density at radius 1 is 1.17 bits per heavy atom. The highest BCUT2D eigenvalue weighted by molar-refractivity contribution is 5.85. The van der Waals surface area contributed by atoms with E-state index in [-0.39, 0.29) is 30.6 Å².